The third-order valence-electron chi connectivity index (χ3n) is 8.52. The van der Waals surface area contributed by atoms with Crippen LogP contribution >= 0.6 is 0 Å². The molecule has 5 heterocycles. The van der Waals surface area contributed by atoms with E-state index in [1.807, 2.05) is 22.2 Å². The maximum atomic E-state index is 13.3. The van der Waals surface area contributed by atoms with Crippen molar-refractivity contribution in [3.05, 3.63) is 92.0 Å². The molecule has 0 unspecified atom stereocenters. The van der Waals surface area contributed by atoms with Crippen molar-refractivity contribution < 1.29 is 9.50 Å². The minimum Gasteiger partial charge on any atom is -0.503 e. The molecule has 6 rings (SSSR count). The predicted molar refractivity (Wildman–Crippen MR) is 144 cm³/mol. The zero-order valence-electron chi connectivity index (χ0n) is 21.7. The minimum atomic E-state index is -0.341. The molecule has 2 aromatic heterocycles. The Labute approximate surface area is 221 Å². The summed E-state index contributed by atoms with van der Waals surface area (Å²) in [7, 11) is 1.93. The molecular formula is C29H34FN5O3. The van der Waals surface area contributed by atoms with Gasteiger partial charge in [0.25, 0.3) is 5.56 Å². The lowest BCUT2D eigenvalue weighted by atomic mass is 9.83. The minimum absolute atomic E-state index is 0.0784. The number of hydrogen-bond acceptors (Lipinski definition) is 6. The lowest BCUT2D eigenvalue weighted by molar-refractivity contribution is 0.112. The van der Waals surface area contributed by atoms with Crippen LogP contribution < -0.4 is 15.9 Å². The maximum absolute atomic E-state index is 13.3. The molecular weight excluding hydrogens is 485 g/mol. The smallest absolute Gasteiger partial charge is 0.250 e. The Morgan fingerprint density at radius 3 is 2.45 bits per heavy atom. The first-order valence-electron chi connectivity index (χ1n) is 13.4. The molecule has 2 fully saturated rings. The van der Waals surface area contributed by atoms with E-state index in [1.54, 1.807) is 24.3 Å². The van der Waals surface area contributed by atoms with E-state index in [1.165, 1.54) is 12.1 Å². The zero-order valence-corrected chi connectivity index (χ0v) is 21.7. The van der Waals surface area contributed by atoms with Gasteiger partial charge in [0.2, 0.25) is 5.43 Å². The number of likely N-dealkylation sites (tertiary alicyclic amines) is 1. The van der Waals surface area contributed by atoms with Crippen LogP contribution in [0.25, 0.3) is 0 Å². The summed E-state index contributed by atoms with van der Waals surface area (Å²) in [6.07, 6.45) is 1.09. The third-order valence-corrected chi connectivity index (χ3v) is 8.52. The standard InChI is InChI=1S/C29H34FN5O3/c1-31-24(18-33-15-20-13-21(17-33)25-3-2-4-28(37)35(25)16-20)14-27(36)29(38)26(31)19-32-9-11-34(12-10-32)23-7-5-22(30)6-8-23/h2-8,14,20-21,38H,9-13,15-19H2,1H3/t20-,21+/m1/s1. The van der Waals surface area contributed by atoms with E-state index in [0.29, 0.717) is 30.6 Å². The Morgan fingerprint density at radius 2 is 1.68 bits per heavy atom. The number of nitrogens with zero attached hydrogens (tertiary/aromatic N) is 5. The van der Waals surface area contributed by atoms with Crippen LogP contribution in [0.5, 0.6) is 5.75 Å². The number of anilines is 1. The van der Waals surface area contributed by atoms with Gasteiger partial charge in [-0.3, -0.25) is 19.4 Å². The number of aromatic hydroxyl groups is 1. The Balaban J connectivity index is 1.15. The van der Waals surface area contributed by atoms with Crippen LogP contribution in [-0.2, 0) is 26.7 Å². The van der Waals surface area contributed by atoms with Crippen molar-refractivity contribution in [1.29, 1.82) is 0 Å². The molecule has 0 aliphatic carbocycles. The van der Waals surface area contributed by atoms with Gasteiger partial charge in [0.1, 0.15) is 5.82 Å². The third kappa shape index (κ3) is 4.76. The second kappa shape index (κ2) is 10.0. The van der Waals surface area contributed by atoms with Crippen molar-refractivity contribution in [3.63, 3.8) is 0 Å². The summed E-state index contributed by atoms with van der Waals surface area (Å²) in [5.74, 6) is 0.299. The van der Waals surface area contributed by atoms with Crippen LogP contribution in [-0.4, -0.2) is 63.3 Å². The lowest BCUT2D eigenvalue weighted by Gasteiger charge is -2.43. The quantitative estimate of drug-likeness (QED) is 0.558. The molecule has 0 saturated carbocycles. The summed E-state index contributed by atoms with van der Waals surface area (Å²) in [5.41, 5.74) is 3.37. The Bertz CT molecular complexity index is 1440. The van der Waals surface area contributed by atoms with Crippen molar-refractivity contribution in [3.8, 4) is 5.75 Å². The van der Waals surface area contributed by atoms with Crippen molar-refractivity contribution in [2.24, 2.45) is 13.0 Å². The van der Waals surface area contributed by atoms with E-state index >= 15 is 0 Å². The molecule has 3 aromatic rings. The van der Waals surface area contributed by atoms with Gasteiger partial charge < -0.3 is 19.1 Å². The summed E-state index contributed by atoms with van der Waals surface area (Å²) in [4.78, 5) is 32.0. The summed E-state index contributed by atoms with van der Waals surface area (Å²) >= 11 is 0. The van der Waals surface area contributed by atoms with Crippen molar-refractivity contribution in [2.75, 3.05) is 44.2 Å². The van der Waals surface area contributed by atoms with Crippen LogP contribution in [0, 0.1) is 11.7 Å². The molecule has 2 atom stereocenters. The number of piperidine rings is 1. The highest BCUT2D eigenvalue weighted by molar-refractivity contribution is 5.46. The molecule has 3 aliphatic rings. The van der Waals surface area contributed by atoms with E-state index in [2.05, 4.69) is 20.8 Å². The highest BCUT2D eigenvalue weighted by atomic mass is 19.1. The van der Waals surface area contributed by atoms with E-state index in [0.717, 1.165) is 69.3 Å². The van der Waals surface area contributed by atoms with Gasteiger partial charge in [-0.25, -0.2) is 4.39 Å². The van der Waals surface area contributed by atoms with Crippen molar-refractivity contribution >= 4 is 5.69 Å². The molecule has 0 spiro atoms. The normalized spacial score (nSPS) is 21.9. The highest BCUT2D eigenvalue weighted by Gasteiger charge is 2.34. The summed E-state index contributed by atoms with van der Waals surface area (Å²) < 4.78 is 17.2. The number of benzene rings is 1. The number of rotatable bonds is 5. The van der Waals surface area contributed by atoms with Crippen molar-refractivity contribution in [1.82, 2.24) is 18.9 Å². The second-order valence-corrected chi connectivity index (χ2v) is 11.0. The molecule has 1 aromatic carbocycles. The number of halogens is 1. The van der Waals surface area contributed by atoms with E-state index < -0.39 is 0 Å². The second-order valence-electron chi connectivity index (χ2n) is 11.0. The molecule has 2 bridgehead atoms. The lowest BCUT2D eigenvalue weighted by Crippen LogP contribution is -2.47. The zero-order chi connectivity index (χ0) is 26.4. The Kier molecular flexibility index (Phi) is 6.57. The molecule has 0 amide bonds. The molecule has 0 radical (unpaired) electrons. The topological polar surface area (TPSA) is 73.9 Å². The van der Waals surface area contributed by atoms with E-state index in [4.69, 9.17) is 0 Å². The summed E-state index contributed by atoms with van der Waals surface area (Å²) in [6, 6.07) is 13.7. The highest BCUT2D eigenvalue weighted by Crippen LogP contribution is 2.35. The van der Waals surface area contributed by atoms with Gasteiger partial charge in [-0.15, -0.1) is 0 Å². The molecule has 200 valence electrons. The molecule has 1 N–H and O–H groups in total. The fourth-order valence-electron chi connectivity index (χ4n) is 6.51. The summed E-state index contributed by atoms with van der Waals surface area (Å²) in [6.45, 7) is 6.73. The van der Waals surface area contributed by atoms with E-state index in [9.17, 15) is 19.1 Å². The molecule has 2 saturated heterocycles. The van der Waals surface area contributed by atoms with Gasteiger partial charge in [-0.1, -0.05) is 6.07 Å². The van der Waals surface area contributed by atoms with Crippen LogP contribution in [0.15, 0.2) is 58.1 Å². The number of pyridine rings is 2. The average Bonchev–Trinajstić information content (AvgIpc) is 2.91. The van der Waals surface area contributed by atoms with Gasteiger partial charge in [-0.05, 0) is 42.7 Å². The van der Waals surface area contributed by atoms with Crippen LogP contribution in [0.3, 0.4) is 0 Å². The first-order chi connectivity index (χ1) is 18.4. The monoisotopic (exact) mass is 519 g/mol. The molecule has 3 aliphatic heterocycles. The largest absolute Gasteiger partial charge is 0.503 e. The number of aromatic nitrogens is 2. The number of piperazine rings is 1. The van der Waals surface area contributed by atoms with Gasteiger partial charge in [0.05, 0.1) is 5.69 Å². The predicted octanol–water partition coefficient (Wildman–Crippen LogP) is 2.33. The Morgan fingerprint density at radius 1 is 0.921 bits per heavy atom. The van der Waals surface area contributed by atoms with Gasteiger partial charge in [0.15, 0.2) is 5.75 Å². The average molecular weight is 520 g/mol. The molecule has 8 nitrogen and oxygen atoms in total. The van der Waals surface area contributed by atoms with Crippen LogP contribution in [0.2, 0.25) is 0 Å². The van der Waals surface area contributed by atoms with Gasteiger partial charge in [-0.2, -0.15) is 0 Å². The van der Waals surface area contributed by atoms with E-state index in [-0.39, 0.29) is 22.6 Å². The summed E-state index contributed by atoms with van der Waals surface area (Å²) in [5, 5.41) is 10.7. The molecule has 9 heteroatoms. The van der Waals surface area contributed by atoms with Crippen LogP contribution in [0.4, 0.5) is 10.1 Å². The maximum Gasteiger partial charge on any atom is 0.250 e. The number of fused-ring (bicyclic) bond motifs is 4. The number of hydrogen-bond donors (Lipinski definition) is 1. The van der Waals surface area contributed by atoms with Gasteiger partial charge in [0, 0.05) is 101 Å². The van der Waals surface area contributed by atoms with Gasteiger partial charge >= 0.3 is 0 Å². The fourth-order valence-corrected chi connectivity index (χ4v) is 6.51. The first kappa shape index (κ1) is 24.9. The SMILES string of the molecule is Cn1c(CN2C[C@H]3C[C@@H](C2)c2cccc(=O)n2C3)cc(=O)c(O)c1CN1CCN(c2ccc(F)cc2)CC1. The fraction of sp³-hybridized carbons (Fsp3) is 0.448. The Hall–Kier alpha value is -3.43. The van der Waals surface area contributed by atoms with Crippen LogP contribution in [0.1, 0.15) is 29.4 Å². The van der Waals surface area contributed by atoms with Crippen molar-refractivity contribution in [2.45, 2.75) is 32.0 Å². The molecule has 38 heavy (non-hydrogen) atoms. The first-order valence-corrected chi connectivity index (χ1v) is 13.4.